The number of primary amides is 1. The molecule has 4 nitrogen and oxygen atoms in total. The number of halogens is 2. The summed E-state index contributed by atoms with van der Waals surface area (Å²) >= 11 is 11.8. The van der Waals surface area contributed by atoms with Gasteiger partial charge < -0.3 is 10.6 Å². The van der Waals surface area contributed by atoms with E-state index in [1.54, 1.807) is 12.1 Å². The second-order valence-corrected chi connectivity index (χ2v) is 5.03. The minimum Gasteiger partial charge on any atom is -0.368 e. The number of carbonyl (C=O) groups excluding carboxylic acids is 2. The first-order chi connectivity index (χ1) is 8.50. The third kappa shape index (κ3) is 2.44. The lowest BCUT2D eigenvalue weighted by Gasteiger charge is -2.22. The summed E-state index contributed by atoms with van der Waals surface area (Å²) in [5.74, 6) is -0.760. The quantitative estimate of drug-likeness (QED) is 0.905. The predicted octanol–water partition coefficient (Wildman–Crippen LogP) is 2.08. The van der Waals surface area contributed by atoms with Crippen LogP contribution >= 0.6 is 23.2 Å². The van der Waals surface area contributed by atoms with Crippen LogP contribution in [0, 0.1) is 0 Å². The van der Waals surface area contributed by atoms with Crippen molar-refractivity contribution in [1.29, 1.82) is 0 Å². The molecule has 0 aromatic heterocycles. The van der Waals surface area contributed by atoms with Gasteiger partial charge in [0, 0.05) is 11.6 Å². The van der Waals surface area contributed by atoms with Gasteiger partial charge >= 0.3 is 0 Å². The van der Waals surface area contributed by atoms with Crippen molar-refractivity contribution in [3.05, 3.63) is 33.8 Å². The molecule has 2 amide bonds. The maximum atomic E-state index is 12.3. The average Bonchev–Trinajstić information content (AvgIpc) is 2.77. The van der Waals surface area contributed by atoms with Crippen molar-refractivity contribution in [3.63, 3.8) is 0 Å². The summed E-state index contributed by atoms with van der Waals surface area (Å²) in [4.78, 5) is 25.0. The molecule has 1 atom stereocenters. The Hall–Kier alpha value is -1.26. The van der Waals surface area contributed by atoms with Gasteiger partial charge in [0.05, 0.1) is 10.6 Å². The molecule has 18 heavy (non-hydrogen) atoms. The summed E-state index contributed by atoms with van der Waals surface area (Å²) in [6.07, 6.45) is 1.37. The van der Waals surface area contributed by atoms with Crippen LogP contribution in [0.3, 0.4) is 0 Å². The van der Waals surface area contributed by atoms with Crippen LogP contribution in [-0.2, 0) is 4.79 Å². The highest BCUT2D eigenvalue weighted by molar-refractivity contribution is 6.36. The number of benzene rings is 1. The first-order valence-electron chi connectivity index (χ1n) is 5.56. The molecule has 1 aromatic rings. The van der Waals surface area contributed by atoms with Crippen LogP contribution in [-0.4, -0.2) is 29.3 Å². The molecular formula is C12H12Cl2N2O2. The van der Waals surface area contributed by atoms with E-state index < -0.39 is 11.9 Å². The lowest BCUT2D eigenvalue weighted by atomic mass is 10.1. The molecule has 1 unspecified atom stereocenters. The van der Waals surface area contributed by atoms with Crippen molar-refractivity contribution >= 4 is 35.0 Å². The summed E-state index contributed by atoms with van der Waals surface area (Å²) < 4.78 is 0. The van der Waals surface area contributed by atoms with Gasteiger partial charge in [-0.3, -0.25) is 9.59 Å². The van der Waals surface area contributed by atoms with Crippen molar-refractivity contribution in [3.8, 4) is 0 Å². The summed E-state index contributed by atoms with van der Waals surface area (Å²) in [6.45, 7) is 0.519. The van der Waals surface area contributed by atoms with Gasteiger partial charge in [0.2, 0.25) is 5.91 Å². The zero-order valence-electron chi connectivity index (χ0n) is 9.53. The Morgan fingerprint density at radius 1 is 1.33 bits per heavy atom. The predicted molar refractivity (Wildman–Crippen MR) is 69.7 cm³/mol. The van der Waals surface area contributed by atoms with Gasteiger partial charge in [-0.2, -0.15) is 0 Å². The third-order valence-electron chi connectivity index (χ3n) is 3.00. The van der Waals surface area contributed by atoms with Gasteiger partial charge in [0.15, 0.2) is 0 Å². The summed E-state index contributed by atoms with van der Waals surface area (Å²) in [7, 11) is 0. The largest absolute Gasteiger partial charge is 0.368 e. The molecule has 6 heteroatoms. The molecule has 0 saturated carbocycles. The molecule has 2 rings (SSSR count). The van der Waals surface area contributed by atoms with E-state index in [-0.39, 0.29) is 10.9 Å². The Bertz CT molecular complexity index is 505. The van der Waals surface area contributed by atoms with Crippen molar-refractivity contribution in [2.45, 2.75) is 18.9 Å². The van der Waals surface area contributed by atoms with E-state index in [0.29, 0.717) is 23.6 Å². The van der Waals surface area contributed by atoms with E-state index in [1.807, 2.05) is 0 Å². The molecule has 0 bridgehead atoms. The lowest BCUT2D eigenvalue weighted by Crippen LogP contribution is -2.43. The van der Waals surface area contributed by atoms with E-state index in [9.17, 15) is 9.59 Å². The van der Waals surface area contributed by atoms with Crippen molar-refractivity contribution in [1.82, 2.24) is 4.90 Å². The van der Waals surface area contributed by atoms with Gasteiger partial charge in [-0.05, 0) is 31.0 Å². The lowest BCUT2D eigenvalue weighted by molar-refractivity contribution is -0.121. The molecule has 1 heterocycles. The number of hydrogen-bond acceptors (Lipinski definition) is 2. The van der Waals surface area contributed by atoms with E-state index in [4.69, 9.17) is 28.9 Å². The molecular weight excluding hydrogens is 275 g/mol. The second kappa shape index (κ2) is 5.16. The molecule has 1 saturated heterocycles. The number of hydrogen-bond donors (Lipinski definition) is 1. The summed E-state index contributed by atoms with van der Waals surface area (Å²) in [6, 6.07) is 4.12. The van der Waals surface area contributed by atoms with Crippen LogP contribution in [0.4, 0.5) is 0 Å². The molecule has 1 aliphatic rings. The fraction of sp³-hybridized carbons (Fsp3) is 0.333. The highest BCUT2D eigenvalue weighted by Gasteiger charge is 2.33. The summed E-state index contributed by atoms with van der Waals surface area (Å²) in [5.41, 5.74) is 5.62. The molecule has 96 valence electrons. The van der Waals surface area contributed by atoms with E-state index in [2.05, 4.69) is 0 Å². The van der Waals surface area contributed by atoms with Crippen molar-refractivity contribution in [2.75, 3.05) is 6.54 Å². The Balaban J connectivity index is 2.28. The van der Waals surface area contributed by atoms with Gasteiger partial charge in [0.1, 0.15) is 6.04 Å². The highest BCUT2D eigenvalue weighted by Crippen LogP contribution is 2.25. The molecule has 2 N–H and O–H groups in total. The number of carbonyl (C=O) groups is 2. The van der Waals surface area contributed by atoms with Crippen LogP contribution in [0.5, 0.6) is 0 Å². The maximum Gasteiger partial charge on any atom is 0.256 e. The number of amides is 2. The molecule has 0 aliphatic carbocycles. The smallest absolute Gasteiger partial charge is 0.256 e. The standard InChI is InChI=1S/C12H12Cl2N2O2/c13-7-3-4-8(9(14)6-7)12(18)16-5-1-2-10(16)11(15)17/h3-4,6,10H,1-2,5H2,(H2,15,17). The zero-order chi connectivity index (χ0) is 13.3. The van der Waals surface area contributed by atoms with Crippen molar-refractivity contribution < 1.29 is 9.59 Å². The van der Waals surface area contributed by atoms with Crippen LogP contribution < -0.4 is 5.73 Å². The second-order valence-electron chi connectivity index (χ2n) is 4.18. The van der Waals surface area contributed by atoms with Crippen LogP contribution in [0.25, 0.3) is 0 Å². The first kappa shape index (κ1) is 13.2. The Morgan fingerprint density at radius 2 is 2.06 bits per heavy atom. The first-order valence-corrected chi connectivity index (χ1v) is 6.31. The van der Waals surface area contributed by atoms with Crippen LogP contribution in [0.1, 0.15) is 23.2 Å². The van der Waals surface area contributed by atoms with Gasteiger partial charge in [0.25, 0.3) is 5.91 Å². The maximum absolute atomic E-state index is 12.3. The fourth-order valence-electron chi connectivity index (χ4n) is 2.12. The Morgan fingerprint density at radius 3 is 2.67 bits per heavy atom. The van der Waals surface area contributed by atoms with Crippen LogP contribution in [0.2, 0.25) is 10.0 Å². The number of nitrogens with two attached hydrogens (primary N) is 1. The Labute approximate surface area is 115 Å². The molecule has 1 aliphatic heterocycles. The number of rotatable bonds is 2. The molecule has 1 aromatic carbocycles. The SMILES string of the molecule is NC(=O)C1CCCN1C(=O)c1ccc(Cl)cc1Cl. The van der Waals surface area contributed by atoms with Gasteiger partial charge in [-0.1, -0.05) is 23.2 Å². The fourth-order valence-corrected chi connectivity index (χ4v) is 2.61. The van der Waals surface area contributed by atoms with Crippen molar-refractivity contribution in [2.24, 2.45) is 5.73 Å². The molecule has 0 spiro atoms. The van der Waals surface area contributed by atoms with E-state index >= 15 is 0 Å². The number of nitrogens with zero attached hydrogens (tertiary/aromatic N) is 1. The Kier molecular flexibility index (Phi) is 3.78. The monoisotopic (exact) mass is 286 g/mol. The van der Waals surface area contributed by atoms with Gasteiger partial charge in [-0.25, -0.2) is 0 Å². The van der Waals surface area contributed by atoms with E-state index in [1.165, 1.54) is 11.0 Å². The van der Waals surface area contributed by atoms with Crippen LogP contribution in [0.15, 0.2) is 18.2 Å². The zero-order valence-corrected chi connectivity index (χ0v) is 11.0. The average molecular weight is 287 g/mol. The number of likely N-dealkylation sites (tertiary alicyclic amines) is 1. The minimum atomic E-state index is -0.538. The molecule has 1 fully saturated rings. The third-order valence-corrected chi connectivity index (χ3v) is 3.55. The molecule has 0 radical (unpaired) electrons. The summed E-state index contributed by atoms with van der Waals surface area (Å²) in [5, 5.41) is 0.743. The van der Waals surface area contributed by atoms with E-state index in [0.717, 1.165) is 6.42 Å². The van der Waals surface area contributed by atoms with Gasteiger partial charge in [-0.15, -0.1) is 0 Å². The normalized spacial score (nSPS) is 19.0. The topological polar surface area (TPSA) is 63.4 Å². The highest BCUT2D eigenvalue weighted by atomic mass is 35.5. The minimum absolute atomic E-state index is 0.280.